The van der Waals surface area contributed by atoms with E-state index in [9.17, 15) is 5.11 Å². The summed E-state index contributed by atoms with van der Waals surface area (Å²) >= 11 is 0. The van der Waals surface area contributed by atoms with Gasteiger partial charge in [0.1, 0.15) is 18.0 Å². The van der Waals surface area contributed by atoms with Gasteiger partial charge in [-0.25, -0.2) is 0 Å². The highest BCUT2D eigenvalue weighted by atomic mass is 16.6. The molecule has 0 aliphatic heterocycles. The summed E-state index contributed by atoms with van der Waals surface area (Å²) in [5.41, 5.74) is 2.08. The number of nitrogens with one attached hydrogen (secondary N) is 1. The van der Waals surface area contributed by atoms with E-state index in [0.717, 1.165) is 16.8 Å². The van der Waals surface area contributed by atoms with E-state index in [-0.39, 0.29) is 6.54 Å². The first-order valence-electron chi connectivity index (χ1n) is 7.00. The van der Waals surface area contributed by atoms with Crippen molar-refractivity contribution in [3.63, 3.8) is 0 Å². The van der Waals surface area contributed by atoms with E-state index >= 15 is 0 Å². The Bertz CT molecular complexity index is 639. The largest absolute Gasteiger partial charge is 0.595 e. The molecule has 2 aromatic rings. The van der Waals surface area contributed by atoms with Crippen LogP contribution >= 0.6 is 0 Å². The highest BCUT2D eigenvalue weighted by molar-refractivity contribution is 5.62. The Labute approximate surface area is 129 Å². The molecule has 6 nitrogen and oxygen atoms in total. The Kier molecular flexibility index (Phi) is 4.70. The molecule has 0 aliphatic carbocycles. The molecule has 6 heteroatoms. The van der Waals surface area contributed by atoms with Crippen LogP contribution < -0.4 is 10.4 Å². The number of hydrogen-bond acceptors (Lipinski definition) is 6. The number of oxazole rings is 1. The summed E-state index contributed by atoms with van der Waals surface area (Å²) in [6.07, 6.45) is 1.04. The lowest BCUT2D eigenvalue weighted by molar-refractivity contribution is -0.260. The van der Waals surface area contributed by atoms with Crippen molar-refractivity contribution in [2.75, 3.05) is 12.4 Å². The summed E-state index contributed by atoms with van der Waals surface area (Å²) < 4.78 is 10.4. The van der Waals surface area contributed by atoms with Gasteiger partial charge in [-0.3, -0.25) is 4.99 Å². The van der Waals surface area contributed by atoms with Gasteiger partial charge < -0.3 is 19.6 Å². The van der Waals surface area contributed by atoms with Crippen molar-refractivity contribution in [2.45, 2.75) is 32.9 Å². The van der Waals surface area contributed by atoms with Crippen LogP contribution in [0, 0.1) is 0 Å². The van der Waals surface area contributed by atoms with Crippen LogP contribution in [0.5, 0.6) is 0 Å². The van der Waals surface area contributed by atoms with Crippen LogP contribution in [0.3, 0.4) is 0 Å². The second-order valence-electron chi connectivity index (χ2n) is 5.78. The third kappa shape index (κ3) is 4.51. The Morgan fingerprint density at radius 2 is 2.00 bits per heavy atom. The molecule has 0 saturated heterocycles. The lowest BCUT2D eigenvalue weighted by Crippen LogP contribution is -2.31. The smallest absolute Gasteiger partial charge is 0.294 e. The van der Waals surface area contributed by atoms with E-state index in [2.05, 4.69) is 15.3 Å². The summed E-state index contributed by atoms with van der Waals surface area (Å²) in [5, 5.41) is 14.4. The third-order valence-electron chi connectivity index (χ3n) is 2.75. The van der Waals surface area contributed by atoms with Crippen molar-refractivity contribution in [2.24, 2.45) is 4.99 Å². The Morgan fingerprint density at radius 1 is 1.32 bits per heavy atom. The predicted octanol–water partition coefficient (Wildman–Crippen LogP) is 2.41. The van der Waals surface area contributed by atoms with E-state index < -0.39 is 11.7 Å². The summed E-state index contributed by atoms with van der Waals surface area (Å²) in [7, 11) is 1.75. The van der Waals surface area contributed by atoms with Gasteiger partial charge in [0.2, 0.25) is 0 Å². The zero-order valence-corrected chi connectivity index (χ0v) is 13.2. The van der Waals surface area contributed by atoms with Gasteiger partial charge in [0.05, 0.1) is 6.54 Å². The molecule has 0 fully saturated rings. The zero-order chi connectivity index (χ0) is 16.2. The number of benzene rings is 1. The van der Waals surface area contributed by atoms with Crippen LogP contribution in [-0.2, 0) is 11.3 Å². The molecule has 1 N–H and O–H groups in total. The first-order chi connectivity index (χ1) is 10.4. The topological polar surface area (TPSA) is 82.7 Å². The molecular formula is C16H20N3O3-. The number of hydrogen-bond donors (Lipinski definition) is 1. The van der Waals surface area contributed by atoms with E-state index in [1.54, 1.807) is 13.3 Å². The van der Waals surface area contributed by atoms with Crippen LogP contribution in [0.15, 0.2) is 39.9 Å². The molecule has 0 bridgehead atoms. The van der Waals surface area contributed by atoms with Crippen LogP contribution in [0.25, 0.3) is 11.3 Å². The molecule has 1 aromatic heterocycles. The van der Waals surface area contributed by atoms with Gasteiger partial charge in [-0.15, -0.1) is 0 Å². The predicted molar refractivity (Wildman–Crippen MR) is 83.5 cm³/mol. The summed E-state index contributed by atoms with van der Waals surface area (Å²) in [5.74, 6) is 0. The Morgan fingerprint density at radius 3 is 2.55 bits per heavy atom. The number of aromatic nitrogens is 1. The minimum absolute atomic E-state index is 0.287. The minimum atomic E-state index is -0.549. The van der Waals surface area contributed by atoms with E-state index in [4.69, 9.17) is 9.15 Å². The van der Waals surface area contributed by atoms with Gasteiger partial charge in [0.15, 0.2) is 0 Å². The number of nitrogens with zero attached hydrogens (tertiary/aromatic N) is 2. The molecule has 0 spiro atoms. The van der Waals surface area contributed by atoms with Crippen molar-refractivity contribution in [3.8, 4) is 11.3 Å². The van der Waals surface area contributed by atoms with Gasteiger partial charge in [-0.05, 0) is 5.56 Å². The first-order valence-corrected chi connectivity index (χ1v) is 7.00. The molecule has 1 heterocycles. The molecule has 0 aliphatic rings. The lowest BCUT2D eigenvalue weighted by Gasteiger charge is -2.29. The average Bonchev–Trinajstić information content (AvgIpc) is 2.93. The van der Waals surface area contributed by atoms with Crippen molar-refractivity contribution in [3.05, 3.63) is 36.1 Å². The number of rotatable bonds is 4. The normalized spacial score (nSPS) is 12.3. The SMILES string of the molecule is CNc1nc(-c2ccc(CN=C([O-])OC(C)(C)C)cc2)co1. The Balaban J connectivity index is 2.01. The van der Waals surface area contributed by atoms with Crippen LogP contribution in [-0.4, -0.2) is 23.7 Å². The second-order valence-corrected chi connectivity index (χ2v) is 5.78. The maximum Gasteiger partial charge on any atom is 0.294 e. The monoisotopic (exact) mass is 302 g/mol. The molecule has 0 atom stereocenters. The second kappa shape index (κ2) is 6.51. The molecule has 0 radical (unpaired) electrons. The molecule has 22 heavy (non-hydrogen) atoms. The molecule has 0 amide bonds. The van der Waals surface area contributed by atoms with E-state index in [1.807, 2.05) is 45.0 Å². The molecule has 0 unspecified atom stereocenters. The van der Waals surface area contributed by atoms with Gasteiger partial charge in [-0.2, -0.15) is 4.98 Å². The van der Waals surface area contributed by atoms with Crippen LogP contribution in [0.4, 0.5) is 6.01 Å². The van der Waals surface area contributed by atoms with Crippen LogP contribution in [0.1, 0.15) is 26.3 Å². The quantitative estimate of drug-likeness (QED) is 0.692. The molecule has 0 saturated carbocycles. The highest BCUT2D eigenvalue weighted by Gasteiger charge is 2.06. The van der Waals surface area contributed by atoms with Gasteiger partial charge in [0, 0.05) is 18.2 Å². The van der Waals surface area contributed by atoms with Crippen molar-refractivity contribution in [1.82, 2.24) is 4.98 Å². The summed E-state index contributed by atoms with van der Waals surface area (Å²) in [6, 6.07) is 8.10. The van der Waals surface area contributed by atoms with Gasteiger partial charge in [-0.1, -0.05) is 45.0 Å². The van der Waals surface area contributed by atoms with E-state index in [1.165, 1.54) is 0 Å². The molecule has 118 valence electrons. The summed E-state index contributed by atoms with van der Waals surface area (Å²) in [4.78, 5) is 8.16. The van der Waals surface area contributed by atoms with Crippen molar-refractivity contribution in [1.29, 1.82) is 0 Å². The molecular weight excluding hydrogens is 282 g/mol. The highest BCUT2D eigenvalue weighted by Crippen LogP contribution is 2.21. The third-order valence-corrected chi connectivity index (χ3v) is 2.75. The van der Waals surface area contributed by atoms with Gasteiger partial charge >= 0.3 is 0 Å². The fourth-order valence-corrected chi connectivity index (χ4v) is 1.75. The molecule has 2 rings (SSSR count). The lowest BCUT2D eigenvalue weighted by atomic mass is 10.1. The minimum Gasteiger partial charge on any atom is -0.595 e. The first kappa shape index (κ1) is 15.9. The number of ether oxygens (including phenoxy) is 1. The standard InChI is InChI=1S/C16H21N3O3/c1-16(2,3)22-15(20)18-9-11-5-7-12(8-6-11)13-10-21-14(17-4)19-13/h5-8,10H,9H2,1-4H3,(H,17,19)(H,18,20)/p-1. The summed E-state index contributed by atoms with van der Waals surface area (Å²) in [6.45, 7) is 5.72. The van der Waals surface area contributed by atoms with Gasteiger partial charge in [0.25, 0.3) is 6.01 Å². The maximum absolute atomic E-state index is 11.5. The number of anilines is 1. The Hall–Kier alpha value is -2.50. The average molecular weight is 302 g/mol. The number of aliphatic imine (C=N–C) groups is 1. The zero-order valence-electron chi connectivity index (χ0n) is 13.2. The molecule has 1 aromatic carbocycles. The fraction of sp³-hybridized carbons (Fsp3) is 0.375. The van der Waals surface area contributed by atoms with Crippen molar-refractivity contribution < 1.29 is 14.3 Å². The van der Waals surface area contributed by atoms with Crippen molar-refractivity contribution >= 4 is 12.1 Å². The maximum atomic E-state index is 11.5. The van der Waals surface area contributed by atoms with Crippen LogP contribution in [0.2, 0.25) is 0 Å². The van der Waals surface area contributed by atoms with E-state index in [0.29, 0.717) is 6.01 Å². The fourth-order valence-electron chi connectivity index (χ4n) is 1.75.